The number of hydrogen-bond donors (Lipinski definition) is 2. The van der Waals surface area contributed by atoms with Gasteiger partial charge >= 0.3 is 0 Å². The number of carbonyl (C=O) groups excluding carboxylic acids is 1. The first-order chi connectivity index (χ1) is 14.7. The van der Waals surface area contributed by atoms with E-state index < -0.39 is 11.4 Å². The minimum atomic E-state index is -0.804. The molecule has 1 amide bonds. The molecule has 1 aliphatic carbocycles. The standard InChI is InChI=1S/C21H28FN7O2/c1-13-18(10-29(28-13)21(3,4)12-23)26-20-24-9-17(22)19(27-20)31-11-15-5-7-16(8-6-15)25-14(2)30/h9-10,15-16H,5-8,11H2,1-4H3,(H,25,30)(H,24,26,27). The average Bonchev–Trinajstić information content (AvgIpc) is 3.10. The zero-order chi connectivity index (χ0) is 22.6. The Bertz CT molecular complexity index is 975. The van der Waals surface area contributed by atoms with Crippen LogP contribution in [0, 0.1) is 30.0 Å². The Morgan fingerprint density at radius 3 is 2.74 bits per heavy atom. The van der Waals surface area contributed by atoms with Gasteiger partial charge in [0.05, 0.1) is 36.5 Å². The third-order valence-electron chi connectivity index (χ3n) is 5.41. The molecule has 0 spiro atoms. The summed E-state index contributed by atoms with van der Waals surface area (Å²) < 4.78 is 21.4. The molecule has 0 aromatic carbocycles. The van der Waals surface area contributed by atoms with Crippen molar-refractivity contribution in [3.63, 3.8) is 0 Å². The highest BCUT2D eigenvalue weighted by Gasteiger charge is 2.24. The molecule has 2 heterocycles. The summed E-state index contributed by atoms with van der Waals surface area (Å²) in [4.78, 5) is 19.3. The molecule has 1 saturated carbocycles. The highest BCUT2D eigenvalue weighted by molar-refractivity contribution is 5.73. The number of aryl methyl sites for hydroxylation is 1. The van der Waals surface area contributed by atoms with Crippen molar-refractivity contribution in [2.75, 3.05) is 11.9 Å². The van der Waals surface area contributed by atoms with Crippen molar-refractivity contribution in [2.45, 2.75) is 65.0 Å². The van der Waals surface area contributed by atoms with Crippen molar-refractivity contribution >= 4 is 17.5 Å². The molecular weight excluding hydrogens is 401 g/mol. The van der Waals surface area contributed by atoms with Gasteiger partial charge in [0, 0.05) is 13.0 Å². The van der Waals surface area contributed by atoms with Gasteiger partial charge in [0.25, 0.3) is 5.88 Å². The lowest BCUT2D eigenvalue weighted by Crippen LogP contribution is -2.37. The Kier molecular flexibility index (Phi) is 6.73. The SMILES string of the molecule is CC(=O)NC1CCC(COc2nc(Nc3cn(C(C)(C)C#N)nc3C)ncc2F)CC1. The number of nitriles is 1. The van der Waals surface area contributed by atoms with Crippen molar-refractivity contribution in [3.8, 4) is 11.9 Å². The number of halogens is 1. The third kappa shape index (κ3) is 5.69. The van der Waals surface area contributed by atoms with E-state index in [0.29, 0.717) is 18.0 Å². The van der Waals surface area contributed by atoms with Crippen LogP contribution in [-0.2, 0) is 10.3 Å². The van der Waals surface area contributed by atoms with Gasteiger partial charge in [-0.3, -0.25) is 9.48 Å². The predicted molar refractivity (Wildman–Crippen MR) is 112 cm³/mol. The third-order valence-corrected chi connectivity index (χ3v) is 5.41. The van der Waals surface area contributed by atoms with Crippen LogP contribution in [0.1, 0.15) is 52.1 Å². The summed E-state index contributed by atoms with van der Waals surface area (Å²) in [6, 6.07) is 2.39. The van der Waals surface area contributed by atoms with Gasteiger partial charge in [-0.15, -0.1) is 0 Å². The smallest absolute Gasteiger partial charge is 0.255 e. The normalized spacial score (nSPS) is 18.8. The van der Waals surface area contributed by atoms with Gasteiger partial charge in [-0.1, -0.05) is 0 Å². The molecule has 0 unspecified atom stereocenters. The number of carbonyl (C=O) groups is 1. The molecule has 9 nitrogen and oxygen atoms in total. The van der Waals surface area contributed by atoms with E-state index in [9.17, 15) is 14.4 Å². The van der Waals surface area contributed by atoms with Crippen molar-refractivity contribution in [1.82, 2.24) is 25.1 Å². The summed E-state index contributed by atoms with van der Waals surface area (Å²) in [5.41, 5.74) is 0.480. The zero-order valence-corrected chi connectivity index (χ0v) is 18.3. The van der Waals surface area contributed by atoms with Crippen molar-refractivity contribution in [3.05, 3.63) is 23.9 Å². The number of anilines is 2. The topological polar surface area (TPSA) is 118 Å². The summed E-state index contributed by atoms with van der Waals surface area (Å²) in [5, 5.41) is 19.6. The minimum Gasteiger partial charge on any atom is -0.475 e. The quantitative estimate of drug-likeness (QED) is 0.694. The van der Waals surface area contributed by atoms with Crippen molar-refractivity contribution < 1.29 is 13.9 Å². The number of hydrogen-bond acceptors (Lipinski definition) is 7. The number of nitrogens with zero attached hydrogens (tertiary/aromatic N) is 5. The molecule has 0 radical (unpaired) electrons. The van der Waals surface area contributed by atoms with Gasteiger partial charge in [0.15, 0.2) is 0 Å². The molecule has 0 bridgehead atoms. The Balaban J connectivity index is 1.61. The fourth-order valence-electron chi connectivity index (χ4n) is 3.51. The maximum Gasteiger partial charge on any atom is 0.255 e. The predicted octanol–water partition coefficient (Wildman–Crippen LogP) is 3.20. The molecule has 2 N–H and O–H groups in total. The molecule has 166 valence electrons. The number of ether oxygens (including phenoxy) is 1. The second-order valence-electron chi connectivity index (χ2n) is 8.44. The van der Waals surface area contributed by atoms with Crippen LogP contribution >= 0.6 is 0 Å². The number of aromatic nitrogens is 4. The fraction of sp³-hybridized carbons (Fsp3) is 0.571. The second-order valence-corrected chi connectivity index (χ2v) is 8.44. The largest absolute Gasteiger partial charge is 0.475 e. The fourth-order valence-corrected chi connectivity index (χ4v) is 3.51. The molecule has 0 saturated heterocycles. The van der Waals surface area contributed by atoms with E-state index in [0.717, 1.165) is 31.9 Å². The van der Waals surface area contributed by atoms with Crippen LogP contribution in [0.4, 0.5) is 16.0 Å². The Labute approximate surface area is 181 Å². The first-order valence-corrected chi connectivity index (χ1v) is 10.4. The summed E-state index contributed by atoms with van der Waals surface area (Å²) in [6.07, 6.45) is 6.33. The molecule has 2 aromatic heterocycles. The van der Waals surface area contributed by atoms with Gasteiger partial charge in [0.1, 0.15) is 5.54 Å². The van der Waals surface area contributed by atoms with Crippen LogP contribution in [0.3, 0.4) is 0 Å². The van der Waals surface area contributed by atoms with Crippen molar-refractivity contribution in [2.24, 2.45) is 5.92 Å². The van der Waals surface area contributed by atoms with E-state index in [-0.39, 0.29) is 29.7 Å². The van der Waals surface area contributed by atoms with E-state index in [1.807, 2.05) is 0 Å². The van der Waals surface area contributed by atoms with Gasteiger partial charge < -0.3 is 15.4 Å². The molecule has 0 atom stereocenters. The van der Waals surface area contributed by atoms with Gasteiger partial charge in [0.2, 0.25) is 17.7 Å². The summed E-state index contributed by atoms with van der Waals surface area (Å²) in [6.45, 7) is 7.19. The number of rotatable bonds is 7. The van der Waals surface area contributed by atoms with Crippen LogP contribution in [0.5, 0.6) is 5.88 Å². The van der Waals surface area contributed by atoms with Gasteiger partial charge in [-0.25, -0.2) is 4.98 Å². The van der Waals surface area contributed by atoms with Crippen LogP contribution < -0.4 is 15.4 Å². The maximum absolute atomic E-state index is 14.2. The highest BCUT2D eigenvalue weighted by atomic mass is 19.1. The van der Waals surface area contributed by atoms with E-state index in [4.69, 9.17) is 4.74 Å². The lowest BCUT2D eigenvalue weighted by atomic mass is 9.86. The van der Waals surface area contributed by atoms with E-state index in [2.05, 4.69) is 31.8 Å². The number of amides is 1. The summed E-state index contributed by atoms with van der Waals surface area (Å²) >= 11 is 0. The van der Waals surface area contributed by atoms with Gasteiger partial charge in [-0.05, 0) is 52.4 Å². The Morgan fingerprint density at radius 2 is 2.10 bits per heavy atom. The Morgan fingerprint density at radius 1 is 1.39 bits per heavy atom. The lowest BCUT2D eigenvalue weighted by molar-refractivity contribution is -0.119. The number of nitrogens with one attached hydrogen (secondary N) is 2. The van der Waals surface area contributed by atoms with Gasteiger partial charge in [-0.2, -0.15) is 19.7 Å². The van der Waals surface area contributed by atoms with Crippen LogP contribution in [0.15, 0.2) is 12.4 Å². The van der Waals surface area contributed by atoms with Crippen LogP contribution in [0.2, 0.25) is 0 Å². The molecule has 31 heavy (non-hydrogen) atoms. The van der Waals surface area contributed by atoms with Crippen LogP contribution in [-0.4, -0.2) is 38.3 Å². The van der Waals surface area contributed by atoms with E-state index in [1.54, 1.807) is 31.6 Å². The molecule has 2 aromatic rings. The van der Waals surface area contributed by atoms with Crippen LogP contribution in [0.25, 0.3) is 0 Å². The van der Waals surface area contributed by atoms with E-state index in [1.165, 1.54) is 6.92 Å². The molecule has 0 aliphatic heterocycles. The maximum atomic E-state index is 14.2. The first-order valence-electron chi connectivity index (χ1n) is 10.4. The molecule has 1 aliphatic rings. The monoisotopic (exact) mass is 429 g/mol. The average molecular weight is 430 g/mol. The first kappa shape index (κ1) is 22.5. The minimum absolute atomic E-state index is 0.0141. The summed E-state index contributed by atoms with van der Waals surface area (Å²) in [7, 11) is 0. The van der Waals surface area contributed by atoms with E-state index >= 15 is 0 Å². The zero-order valence-electron chi connectivity index (χ0n) is 18.3. The molecule has 3 rings (SSSR count). The second kappa shape index (κ2) is 9.29. The lowest BCUT2D eigenvalue weighted by Gasteiger charge is -2.28. The highest BCUT2D eigenvalue weighted by Crippen LogP contribution is 2.27. The molecule has 1 fully saturated rings. The Hall–Kier alpha value is -3.22. The molecular formula is C21H28FN7O2. The summed E-state index contributed by atoms with van der Waals surface area (Å²) in [5.74, 6) is -0.285. The van der Waals surface area contributed by atoms with Crippen molar-refractivity contribution in [1.29, 1.82) is 5.26 Å². The molecule has 10 heteroatoms.